The third-order valence-corrected chi connectivity index (χ3v) is 4.19. The van der Waals surface area contributed by atoms with Crippen LogP contribution < -0.4 is 10.6 Å². The minimum absolute atomic E-state index is 0.838. The van der Waals surface area contributed by atoms with Crippen LogP contribution >= 0.6 is 11.3 Å². The molecule has 1 aromatic carbocycles. The summed E-state index contributed by atoms with van der Waals surface area (Å²) in [5, 5.41) is 10.5. The van der Waals surface area contributed by atoms with E-state index in [-0.39, 0.29) is 0 Å². The fourth-order valence-corrected chi connectivity index (χ4v) is 3.04. The lowest BCUT2D eigenvalue weighted by molar-refractivity contribution is 0.331. The molecule has 1 fully saturated rings. The van der Waals surface area contributed by atoms with Crippen LogP contribution in [0.25, 0.3) is 10.1 Å². The van der Waals surface area contributed by atoms with Gasteiger partial charge in [-0.15, -0.1) is 11.3 Å². The Morgan fingerprint density at radius 3 is 3.00 bits per heavy atom. The van der Waals surface area contributed by atoms with Crippen molar-refractivity contribution < 1.29 is 0 Å². The van der Waals surface area contributed by atoms with Gasteiger partial charge in [-0.3, -0.25) is 0 Å². The molecule has 3 rings (SSSR count). The minimum atomic E-state index is 0.838. The molecule has 16 heavy (non-hydrogen) atoms. The second kappa shape index (κ2) is 4.53. The summed E-state index contributed by atoms with van der Waals surface area (Å²) in [4.78, 5) is 0. The van der Waals surface area contributed by atoms with Crippen molar-refractivity contribution in [3.05, 3.63) is 35.2 Å². The van der Waals surface area contributed by atoms with Crippen LogP contribution in [0.1, 0.15) is 5.56 Å². The number of rotatable bonds is 4. The van der Waals surface area contributed by atoms with Crippen molar-refractivity contribution in [3.8, 4) is 0 Å². The van der Waals surface area contributed by atoms with Crippen molar-refractivity contribution in [2.45, 2.75) is 6.54 Å². The predicted octanol–water partition coefficient (Wildman–Crippen LogP) is 2.21. The first kappa shape index (κ1) is 10.3. The van der Waals surface area contributed by atoms with Gasteiger partial charge in [0.1, 0.15) is 0 Å². The molecular formula is C13H16N2S. The summed E-state index contributed by atoms with van der Waals surface area (Å²) < 4.78 is 1.39. The van der Waals surface area contributed by atoms with Gasteiger partial charge in [-0.25, -0.2) is 0 Å². The van der Waals surface area contributed by atoms with Crippen LogP contribution in [0.5, 0.6) is 0 Å². The number of nitrogens with one attached hydrogen (secondary N) is 2. The van der Waals surface area contributed by atoms with E-state index in [0.29, 0.717) is 0 Å². The van der Waals surface area contributed by atoms with Gasteiger partial charge >= 0.3 is 0 Å². The maximum absolute atomic E-state index is 3.55. The van der Waals surface area contributed by atoms with Gasteiger partial charge < -0.3 is 10.6 Å². The first-order chi connectivity index (χ1) is 7.93. The number of hydrogen-bond donors (Lipinski definition) is 2. The molecule has 1 aromatic heterocycles. The Balaban J connectivity index is 1.64. The average molecular weight is 232 g/mol. The van der Waals surface area contributed by atoms with E-state index in [9.17, 15) is 0 Å². The summed E-state index contributed by atoms with van der Waals surface area (Å²) >= 11 is 1.84. The van der Waals surface area contributed by atoms with E-state index >= 15 is 0 Å². The second-order valence-corrected chi connectivity index (χ2v) is 5.32. The van der Waals surface area contributed by atoms with Gasteiger partial charge in [0.05, 0.1) is 0 Å². The predicted molar refractivity (Wildman–Crippen MR) is 69.9 cm³/mol. The minimum Gasteiger partial charge on any atom is -0.316 e. The van der Waals surface area contributed by atoms with E-state index in [0.717, 1.165) is 19.0 Å². The Morgan fingerprint density at radius 2 is 2.19 bits per heavy atom. The molecule has 84 valence electrons. The molecule has 0 aliphatic carbocycles. The molecule has 0 saturated carbocycles. The van der Waals surface area contributed by atoms with Crippen molar-refractivity contribution in [1.82, 2.24) is 10.6 Å². The standard InChI is InChI=1S/C13H16N2S/c1-2-4-13-12(3-1)11(9-16-13)8-15-7-10-5-14-6-10/h1-4,9-10,14-15H,5-8H2. The quantitative estimate of drug-likeness (QED) is 0.844. The van der Waals surface area contributed by atoms with E-state index in [1.807, 2.05) is 11.3 Å². The van der Waals surface area contributed by atoms with E-state index in [1.54, 1.807) is 0 Å². The largest absolute Gasteiger partial charge is 0.316 e. The fourth-order valence-electron chi connectivity index (χ4n) is 2.07. The zero-order valence-corrected chi connectivity index (χ0v) is 10.0. The Kier molecular flexibility index (Phi) is 2.91. The van der Waals surface area contributed by atoms with Gasteiger partial charge in [-0.05, 0) is 28.3 Å². The monoisotopic (exact) mass is 232 g/mol. The van der Waals surface area contributed by atoms with Gasteiger partial charge in [0.15, 0.2) is 0 Å². The zero-order chi connectivity index (χ0) is 10.8. The molecule has 2 nitrogen and oxygen atoms in total. The Hall–Kier alpha value is -0.900. The molecule has 3 heteroatoms. The third kappa shape index (κ3) is 1.98. The van der Waals surface area contributed by atoms with Crippen LogP contribution in [0, 0.1) is 5.92 Å². The normalized spacial score (nSPS) is 16.5. The second-order valence-electron chi connectivity index (χ2n) is 4.41. The molecule has 2 N–H and O–H groups in total. The molecule has 2 aromatic rings. The van der Waals surface area contributed by atoms with Gasteiger partial charge in [-0.1, -0.05) is 18.2 Å². The first-order valence-electron chi connectivity index (χ1n) is 5.80. The number of fused-ring (bicyclic) bond motifs is 1. The highest BCUT2D eigenvalue weighted by atomic mass is 32.1. The summed E-state index contributed by atoms with van der Waals surface area (Å²) in [5.74, 6) is 0.838. The van der Waals surface area contributed by atoms with Gasteiger partial charge in [0.2, 0.25) is 0 Å². The van der Waals surface area contributed by atoms with Crippen LogP contribution in [0.4, 0.5) is 0 Å². The number of hydrogen-bond acceptors (Lipinski definition) is 3. The summed E-state index contributed by atoms with van der Waals surface area (Å²) in [7, 11) is 0. The number of benzene rings is 1. The Morgan fingerprint density at radius 1 is 1.31 bits per heavy atom. The molecule has 0 unspecified atom stereocenters. The van der Waals surface area contributed by atoms with Gasteiger partial charge in [0.25, 0.3) is 0 Å². The fraction of sp³-hybridized carbons (Fsp3) is 0.385. The molecule has 0 bridgehead atoms. The van der Waals surface area contributed by atoms with Crippen LogP contribution in [-0.2, 0) is 6.54 Å². The molecule has 0 radical (unpaired) electrons. The van der Waals surface area contributed by atoms with E-state index in [4.69, 9.17) is 0 Å². The maximum Gasteiger partial charge on any atom is 0.0346 e. The first-order valence-corrected chi connectivity index (χ1v) is 6.68. The molecule has 1 saturated heterocycles. The maximum atomic E-state index is 3.55. The van der Waals surface area contributed by atoms with E-state index < -0.39 is 0 Å². The highest BCUT2D eigenvalue weighted by molar-refractivity contribution is 7.17. The Bertz CT molecular complexity index is 473. The van der Waals surface area contributed by atoms with Crippen LogP contribution in [0.3, 0.4) is 0 Å². The summed E-state index contributed by atoms with van der Waals surface area (Å²) in [6, 6.07) is 8.64. The average Bonchev–Trinajstić information content (AvgIpc) is 2.65. The van der Waals surface area contributed by atoms with E-state index in [1.165, 1.54) is 28.7 Å². The van der Waals surface area contributed by atoms with Crippen LogP contribution in [0.2, 0.25) is 0 Å². The van der Waals surface area contributed by atoms with Crippen molar-refractivity contribution in [2.75, 3.05) is 19.6 Å². The van der Waals surface area contributed by atoms with Crippen molar-refractivity contribution in [1.29, 1.82) is 0 Å². The smallest absolute Gasteiger partial charge is 0.0346 e. The Labute approximate surface area is 99.7 Å². The van der Waals surface area contributed by atoms with Crippen LogP contribution in [0.15, 0.2) is 29.6 Å². The van der Waals surface area contributed by atoms with Crippen molar-refractivity contribution >= 4 is 21.4 Å². The van der Waals surface area contributed by atoms with Crippen molar-refractivity contribution in [3.63, 3.8) is 0 Å². The third-order valence-electron chi connectivity index (χ3n) is 3.18. The lowest BCUT2D eigenvalue weighted by Crippen LogP contribution is -2.47. The molecule has 1 aliphatic heterocycles. The summed E-state index contributed by atoms with van der Waals surface area (Å²) in [6.07, 6.45) is 0. The lowest BCUT2D eigenvalue weighted by atomic mass is 10.0. The molecule has 0 amide bonds. The van der Waals surface area contributed by atoms with Gasteiger partial charge in [-0.2, -0.15) is 0 Å². The highest BCUT2D eigenvalue weighted by Crippen LogP contribution is 2.25. The summed E-state index contributed by atoms with van der Waals surface area (Å²) in [6.45, 7) is 4.49. The summed E-state index contributed by atoms with van der Waals surface area (Å²) in [5.41, 5.74) is 1.44. The molecule has 1 aliphatic rings. The zero-order valence-electron chi connectivity index (χ0n) is 9.20. The molecule has 2 heterocycles. The van der Waals surface area contributed by atoms with Crippen molar-refractivity contribution in [2.24, 2.45) is 5.92 Å². The SMILES string of the molecule is c1ccc2c(CNCC3CNC3)csc2c1. The highest BCUT2D eigenvalue weighted by Gasteiger charge is 2.15. The molecule has 0 spiro atoms. The molecular weight excluding hydrogens is 216 g/mol. The van der Waals surface area contributed by atoms with Crippen LogP contribution in [-0.4, -0.2) is 19.6 Å². The van der Waals surface area contributed by atoms with Gasteiger partial charge in [0, 0.05) is 30.9 Å². The molecule has 0 atom stereocenters. The number of thiophene rings is 1. The topological polar surface area (TPSA) is 24.1 Å². The van der Waals surface area contributed by atoms with E-state index in [2.05, 4.69) is 40.3 Å². The lowest BCUT2D eigenvalue weighted by Gasteiger charge is -2.27.